The van der Waals surface area contributed by atoms with Crippen molar-refractivity contribution in [1.29, 1.82) is 0 Å². The van der Waals surface area contributed by atoms with Crippen molar-refractivity contribution >= 4 is 11.8 Å². The Morgan fingerprint density at radius 2 is 1.83 bits per heavy atom. The maximum absolute atomic E-state index is 12.4. The third kappa shape index (κ3) is 3.43. The lowest BCUT2D eigenvalue weighted by Gasteiger charge is -2.30. The smallest absolute Gasteiger partial charge is 0.223 e. The number of carbonyl (C=O) groups is 2. The summed E-state index contributed by atoms with van der Waals surface area (Å²) in [4.78, 5) is 25.5. The molecule has 1 aliphatic heterocycles. The van der Waals surface area contributed by atoms with Gasteiger partial charge in [0.1, 0.15) is 0 Å². The van der Waals surface area contributed by atoms with Crippen molar-refractivity contribution in [2.75, 3.05) is 13.1 Å². The molecule has 2 amide bonds. The molecule has 1 aromatic heterocycles. The van der Waals surface area contributed by atoms with E-state index in [0.717, 1.165) is 12.8 Å². The first-order valence-corrected chi connectivity index (χ1v) is 8.68. The number of nitrogens with one attached hydrogen (secondary N) is 1. The lowest BCUT2D eigenvalue weighted by Crippen LogP contribution is -2.42. The lowest BCUT2D eigenvalue weighted by atomic mass is 9.96. The zero-order chi connectivity index (χ0) is 16.6. The van der Waals surface area contributed by atoms with Crippen LogP contribution in [0.15, 0.2) is 6.07 Å². The van der Waals surface area contributed by atoms with Crippen LogP contribution in [0.4, 0.5) is 0 Å². The van der Waals surface area contributed by atoms with Gasteiger partial charge in [-0.05, 0) is 51.2 Å². The highest BCUT2D eigenvalue weighted by Crippen LogP contribution is 2.38. The number of hydrogen-bond acceptors (Lipinski definition) is 2. The fourth-order valence-electron chi connectivity index (χ4n) is 3.70. The van der Waals surface area contributed by atoms with Crippen molar-refractivity contribution in [3.05, 3.63) is 23.0 Å². The normalized spacial score (nSPS) is 19.0. The summed E-state index contributed by atoms with van der Waals surface area (Å²) in [5, 5.41) is 3.10. The zero-order valence-corrected chi connectivity index (χ0v) is 14.4. The Balaban J connectivity index is 1.54. The highest BCUT2D eigenvalue weighted by atomic mass is 16.2. The maximum atomic E-state index is 12.4. The molecule has 1 N–H and O–H groups in total. The molecule has 1 saturated carbocycles. The highest BCUT2D eigenvalue weighted by molar-refractivity contribution is 5.79. The van der Waals surface area contributed by atoms with Gasteiger partial charge in [-0.15, -0.1) is 0 Å². The number of rotatable bonds is 4. The van der Waals surface area contributed by atoms with Gasteiger partial charge in [0.25, 0.3) is 0 Å². The van der Waals surface area contributed by atoms with E-state index in [1.54, 1.807) is 6.92 Å². The van der Waals surface area contributed by atoms with Gasteiger partial charge in [0.15, 0.2) is 0 Å². The van der Waals surface area contributed by atoms with Gasteiger partial charge in [-0.1, -0.05) is 0 Å². The second-order valence-electron chi connectivity index (χ2n) is 7.00. The number of nitrogens with zero attached hydrogens (tertiary/aromatic N) is 2. The first-order chi connectivity index (χ1) is 11.0. The predicted molar refractivity (Wildman–Crippen MR) is 89.0 cm³/mol. The van der Waals surface area contributed by atoms with Crippen LogP contribution in [-0.2, 0) is 16.1 Å². The van der Waals surface area contributed by atoms with E-state index >= 15 is 0 Å². The molecule has 1 saturated heterocycles. The number of amides is 2. The van der Waals surface area contributed by atoms with E-state index in [0.29, 0.717) is 25.7 Å². The standard InChI is InChI=1S/C18H27N3O2/c1-12-10-16(13(2)21(12)17-4-5-17)11-19-18(23)15-6-8-20(9-7-15)14(3)22/h10,15,17H,4-9,11H2,1-3H3,(H,19,23). The van der Waals surface area contributed by atoms with E-state index < -0.39 is 0 Å². The number of piperidine rings is 1. The molecule has 0 aromatic carbocycles. The Kier molecular flexibility index (Phi) is 4.46. The van der Waals surface area contributed by atoms with E-state index in [9.17, 15) is 9.59 Å². The number of hydrogen-bond donors (Lipinski definition) is 1. The number of likely N-dealkylation sites (tertiary alicyclic amines) is 1. The van der Waals surface area contributed by atoms with Gasteiger partial charge in [-0.25, -0.2) is 0 Å². The third-order valence-electron chi connectivity index (χ3n) is 5.27. The van der Waals surface area contributed by atoms with Crippen LogP contribution in [0, 0.1) is 19.8 Å². The minimum Gasteiger partial charge on any atom is -0.352 e. The van der Waals surface area contributed by atoms with Crippen LogP contribution in [0.3, 0.4) is 0 Å². The van der Waals surface area contributed by atoms with Crippen LogP contribution in [0.1, 0.15) is 55.6 Å². The lowest BCUT2D eigenvalue weighted by molar-refractivity contribution is -0.134. The minimum atomic E-state index is 0.0394. The monoisotopic (exact) mass is 317 g/mol. The summed E-state index contributed by atoms with van der Waals surface area (Å²) in [6.45, 7) is 7.90. The topological polar surface area (TPSA) is 54.3 Å². The van der Waals surface area contributed by atoms with Crippen LogP contribution >= 0.6 is 0 Å². The quantitative estimate of drug-likeness (QED) is 0.926. The predicted octanol–water partition coefficient (Wildman–Crippen LogP) is 2.31. The van der Waals surface area contributed by atoms with Gasteiger partial charge in [0.05, 0.1) is 0 Å². The number of carbonyl (C=O) groups excluding carboxylic acids is 2. The van der Waals surface area contributed by atoms with E-state index in [2.05, 4.69) is 29.8 Å². The second kappa shape index (κ2) is 6.38. The molecule has 23 heavy (non-hydrogen) atoms. The Morgan fingerprint density at radius 1 is 1.17 bits per heavy atom. The highest BCUT2D eigenvalue weighted by Gasteiger charge is 2.28. The van der Waals surface area contributed by atoms with Crippen LogP contribution in [-0.4, -0.2) is 34.4 Å². The molecular weight excluding hydrogens is 290 g/mol. The second-order valence-corrected chi connectivity index (χ2v) is 7.00. The van der Waals surface area contributed by atoms with E-state index in [-0.39, 0.29) is 17.7 Å². The van der Waals surface area contributed by atoms with Gasteiger partial charge in [-0.2, -0.15) is 0 Å². The van der Waals surface area contributed by atoms with Crippen molar-refractivity contribution in [2.24, 2.45) is 5.92 Å². The van der Waals surface area contributed by atoms with Gasteiger partial charge in [0.2, 0.25) is 11.8 Å². The summed E-state index contributed by atoms with van der Waals surface area (Å²) >= 11 is 0. The molecule has 0 atom stereocenters. The summed E-state index contributed by atoms with van der Waals surface area (Å²) in [6, 6.07) is 2.88. The molecular formula is C18H27N3O2. The van der Waals surface area contributed by atoms with Crippen LogP contribution in [0.25, 0.3) is 0 Å². The molecule has 0 unspecified atom stereocenters. The number of aryl methyl sites for hydroxylation is 1. The van der Waals surface area contributed by atoms with Crippen molar-refractivity contribution in [3.63, 3.8) is 0 Å². The Labute approximate surface area is 138 Å². The SMILES string of the molecule is CC(=O)N1CCC(C(=O)NCc2cc(C)n(C3CC3)c2C)CC1. The average molecular weight is 317 g/mol. The van der Waals surface area contributed by atoms with Gasteiger partial charge in [-0.3, -0.25) is 9.59 Å². The summed E-state index contributed by atoms with van der Waals surface area (Å²) in [7, 11) is 0. The summed E-state index contributed by atoms with van der Waals surface area (Å²) < 4.78 is 2.41. The zero-order valence-electron chi connectivity index (χ0n) is 14.4. The first kappa shape index (κ1) is 16.1. The van der Waals surface area contributed by atoms with Crippen molar-refractivity contribution < 1.29 is 9.59 Å². The Morgan fingerprint density at radius 3 is 2.39 bits per heavy atom. The van der Waals surface area contributed by atoms with Crippen molar-refractivity contribution in [3.8, 4) is 0 Å². The molecule has 2 aliphatic rings. The number of aromatic nitrogens is 1. The van der Waals surface area contributed by atoms with Gasteiger partial charge in [0, 0.05) is 49.9 Å². The van der Waals surface area contributed by atoms with E-state index in [1.807, 2.05) is 4.90 Å². The van der Waals surface area contributed by atoms with Crippen LogP contribution < -0.4 is 5.32 Å². The Hall–Kier alpha value is -1.78. The molecule has 5 heteroatoms. The summed E-state index contributed by atoms with van der Waals surface area (Å²) in [6.07, 6.45) is 4.09. The fraction of sp³-hybridized carbons (Fsp3) is 0.667. The minimum absolute atomic E-state index is 0.0394. The molecule has 126 valence electrons. The molecule has 0 bridgehead atoms. The molecule has 0 spiro atoms. The first-order valence-electron chi connectivity index (χ1n) is 8.68. The molecule has 0 radical (unpaired) electrons. The molecule has 2 heterocycles. The largest absolute Gasteiger partial charge is 0.352 e. The third-order valence-corrected chi connectivity index (χ3v) is 5.27. The molecule has 3 rings (SSSR count). The average Bonchev–Trinajstić information content (AvgIpc) is 3.31. The van der Waals surface area contributed by atoms with E-state index in [1.165, 1.54) is 29.8 Å². The van der Waals surface area contributed by atoms with E-state index in [4.69, 9.17) is 0 Å². The summed E-state index contributed by atoms with van der Waals surface area (Å²) in [5.41, 5.74) is 3.81. The van der Waals surface area contributed by atoms with Gasteiger partial charge >= 0.3 is 0 Å². The van der Waals surface area contributed by atoms with Crippen molar-refractivity contribution in [2.45, 2.75) is 59.0 Å². The molecule has 1 aliphatic carbocycles. The molecule has 2 fully saturated rings. The molecule has 5 nitrogen and oxygen atoms in total. The van der Waals surface area contributed by atoms with Crippen molar-refractivity contribution in [1.82, 2.24) is 14.8 Å². The fourth-order valence-corrected chi connectivity index (χ4v) is 3.70. The van der Waals surface area contributed by atoms with Gasteiger partial charge < -0.3 is 14.8 Å². The molecule has 1 aromatic rings. The van der Waals surface area contributed by atoms with Crippen LogP contribution in [0.2, 0.25) is 0 Å². The summed E-state index contributed by atoms with van der Waals surface area (Å²) in [5.74, 6) is 0.276. The maximum Gasteiger partial charge on any atom is 0.223 e. The van der Waals surface area contributed by atoms with Crippen LogP contribution in [0.5, 0.6) is 0 Å². The Bertz CT molecular complexity index is 608.